The molecule has 0 saturated carbocycles. The molecule has 1 aromatic rings. The fourth-order valence-corrected chi connectivity index (χ4v) is 2.48. The number of aliphatic hydroxyl groups is 1. The van der Waals surface area contributed by atoms with Crippen molar-refractivity contribution in [2.75, 3.05) is 5.88 Å². The van der Waals surface area contributed by atoms with Gasteiger partial charge in [-0.3, -0.25) is 0 Å². The average molecular weight is 263 g/mol. The Morgan fingerprint density at radius 2 is 1.75 bits per heavy atom. The van der Waals surface area contributed by atoms with Gasteiger partial charge in [0.1, 0.15) is 0 Å². The second-order valence-corrected chi connectivity index (χ2v) is 6.65. The lowest BCUT2D eigenvalue weighted by atomic mass is 10.1. The highest BCUT2D eigenvalue weighted by Gasteiger charge is 2.19. The molecule has 0 aliphatic rings. The summed E-state index contributed by atoms with van der Waals surface area (Å²) in [5.74, 6) is 0.0935. The molecule has 16 heavy (non-hydrogen) atoms. The number of hydrogen-bond acceptors (Lipinski definition) is 3. The predicted molar refractivity (Wildman–Crippen MR) is 64.4 cm³/mol. The number of sulfone groups is 1. The monoisotopic (exact) mass is 262 g/mol. The Morgan fingerprint density at radius 3 is 2.12 bits per heavy atom. The average Bonchev–Trinajstić information content (AvgIpc) is 2.28. The Bertz CT molecular complexity index is 437. The highest BCUT2D eigenvalue weighted by molar-refractivity contribution is 7.92. The summed E-state index contributed by atoms with van der Waals surface area (Å²) in [6.45, 7) is 3.27. The Balaban J connectivity index is 3.05. The van der Waals surface area contributed by atoms with Crippen molar-refractivity contribution in [1.29, 1.82) is 0 Å². The van der Waals surface area contributed by atoms with Crippen molar-refractivity contribution < 1.29 is 13.5 Å². The molecule has 0 fully saturated rings. The Hall–Kier alpha value is -0.580. The van der Waals surface area contributed by atoms with Crippen molar-refractivity contribution >= 4 is 21.4 Å². The molecule has 5 heteroatoms. The van der Waals surface area contributed by atoms with Crippen LogP contribution in [0.15, 0.2) is 29.2 Å². The van der Waals surface area contributed by atoms with Gasteiger partial charge in [-0.1, -0.05) is 12.1 Å². The molecule has 90 valence electrons. The molecule has 0 heterocycles. The molecular formula is C11H15ClO3S. The van der Waals surface area contributed by atoms with Gasteiger partial charge in [0.25, 0.3) is 0 Å². The van der Waals surface area contributed by atoms with E-state index in [1.54, 1.807) is 26.0 Å². The van der Waals surface area contributed by atoms with Crippen molar-refractivity contribution in [1.82, 2.24) is 0 Å². The van der Waals surface area contributed by atoms with E-state index in [9.17, 15) is 13.5 Å². The SMILES string of the molecule is CC(C)S(=O)(=O)c1ccc(C(O)CCl)cc1. The maximum absolute atomic E-state index is 11.8. The third kappa shape index (κ3) is 2.75. The second-order valence-electron chi connectivity index (χ2n) is 3.83. The Labute approximate surface area is 101 Å². The van der Waals surface area contributed by atoms with Crippen LogP contribution in [0.2, 0.25) is 0 Å². The number of hydrogen-bond donors (Lipinski definition) is 1. The smallest absolute Gasteiger partial charge is 0.180 e. The van der Waals surface area contributed by atoms with E-state index in [2.05, 4.69) is 0 Å². The largest absolute Gasteiger partial charge is 0.387 e. The van der Waals surface area contributed by atoms with E-state index in [4.69, 9.17) is 11.6 Å². The van der Waals surface area contributed by atoms with Gasteiger partial charge >= 0.3 is 0 Å². The number of aliphatic hydroxyl groups excluding tert-OH is 1. The predicted octanol–water partition coefficient (Wildman–Crippen LogP) is 2.14. The van der Waals surface area contributed by atoms with E-state index in [0.29, 0.717) is 5.56 Å². The van der Waals surface area contributed by atoms with E-state index in [1.165, 1.54) is 12.1 Å². The lowest BCUT2D eigenvalue weighted by Crippen LogP contribution is -2.14. The summed E-state index contributed by atoms with van der Waals surface area (Å²) in [6.07, 6.45) is -0.752. The van der Waals surface area contributed by atoms with Gasteiger partial charge in [0.05, 0.1) is 22.1 Å². The summed E-state index contributed by atoms with van der Waals surface area (Å²) >= 11 is 5.50. The van der Waals surface area contributed by atoms with Crippen LogP contribution in [0.3, 0.4) is 0 Å². The maximum atomic E-state index is 11.8. The zero-order chi connectivity index (χ0) is 12.3. The van der Waals surface area contributed by atoms with Crippen molar-refractivity contribution in [3.8, 4) is 0 Å². The van der Waals surface area contributed by atoms with Gasteiger partial charge in [-0.2, -0.15) is 0 Å². The van der Waals surface area contributed by atoms with Gasteiger partial charge in [-0.15, -0.1) is 11.6 Å². The Morgan fingerprint density at radius 1 is 1.25 bits per heavy atom. The zero-order valence-electron chi connectivity index (χ0n) is 9.22. The lowest BCUT2D eigenvalue weighted by Gasteiger charge is -2.10. The lowest BCUT2D eigenvalue weighted by molar-refractivity contribution is 0.202. The first-order valence-corrected chi connectivity index (χ1v) is 7.05. The van der Waals surface area contributed by atoms with Gasteiger partial charge in [0, 0.05) is 0 Å². The first-order chi connectivity index (χ1) is 7.39. The fourth-order valence-electron chi connectivity index (χ4n) is 1.24. The van der Waals surface area contributed by atoms with Crippen LogP contribution in [0, 0.1) is 0 Å². The highest BCUT2D eigenvalue weighted by atomic mass is 35.5. The van der Waals surface area contributed by atoms with Crippen LogP contribution >= 0.6 is 11.6 Å². The topological polar surface area (TPSA) is 54.4 Å². The first kappa shape index (κ1) is 13.5. The molecule has 0 aromatic heterocycles. The molecule has 1 aromatic carbocycles. The van der Waals surface area contributed by atoms with Crippen molar-refractivity contribution in [2.45, 2.75) is 30.1 Å². The molecule has 0 saturated heterocycles. The minimum Gasteiger partial charge on any atom is -0.387 e. The van der Waals surface area contributed by atoms with Crippen LogP contribution < -0.4 is 0 Å². The molecule has 1 rings (SSSR count). The number of halogens is 1. The summed E-state index contributed by atoms with van der Waals surface area (Å²) in [5.41, 5.74) is 0.623. The van der Waals surface area contributed by atoms with Gasteiger partial charge in [0.15, 0.2) is 9.84 Å². The van der Waals surface area contributed by atoms with Gasteiger partial charge in [-0.05, 0) is 31.5 Å². The van der Waals surface area contributed by atoms with Crippen LogP contribution in [0.5, 0.6) is 0 Å². The van der Waals surface area contributed by atoms with Crippen molar-refractivity contribution in [3.05, 3.63) is 29.8 Å². The molecule has 0 bridgehead atoms. The highest BCUT2D eigenvalue weighted by Crippen LogP contribution is 2.20. The van der Waals surface area contributed by atoms with Crippen LogP contribution in [0.1, 0.15) is 25.5 Å². The van der Waals surface area contributed by atoms with E-state index < -0.39 is 21.2 Å². The third-order valence-corrected chi connectivity index (χ3v) is 4.82. The molecule has 0 radical (unpaired) electrons. The summed E-state index contributed by atoms with van der Waals surface area (Å²) in [7, 11) is -3.24. The molecule has 0 aliphatic heterocycles. The second kappa shape index (κ2) is 5.17. The van der Waals surface area contributed by atoms with E-state index in [-0.39, 0.29) is 10.8 Å². The van der Waals surface area contributed by atoms with E-state index in [0.717, 1.165) is 0 Å². The fraction of sp³-hybridized carbons (Fsp3) is 0.455. The van der Waals surface area contributed by atoms with Crippen LogP contribution in [0.25, 0.3) is 0 Å². The molecular weight excluding hydrogens is 248 g/mol. The molecule has 3 nitrogen and oxygen atoms in total. The summed E-state index contributed by atoms with van der Waals surface area (Å²) < 4.78 is 23.6. The third-order valence-electron chi connectivity index (χ3n) is 2.36. The van der Waals surface area contributed by atoms with Crippen LogP contribution in [-0.2, 0) is 9.84 Å². The zero-order valence-corrected chi connectivity index (χ0v) is 10.8. The summed E-state index contributed by atoms with van der Waals surface area (Å²) in [4.78, 5) is 0.271. The van der Waals surface area contributed by atoms with Gasteiger partial charge in [0.2, 0.25) is 0 Å². The molecule has 1 unspecified atom stereocenters. The van der Waals surface area contributed by atoms with Crippen molar-refractivity contribution in [2.24, 2.45) is 0 Å². The molecule has 1 atom stereocenters. The van der Waals surface area contributed by atoms with Crippen LogP contribution in [0.4, 0.5) is 0 Å². The van der Waals surface area contributed by atoms with E-state index >= 15 is 0 Å². The van der Waals surface area contributed by atoms with Crippen LogP contribution in [-0.4, -0.2) is 24.7 Å². The minimum atomic E-state index is -3.24. The quantitative estimate of drug-likeness (QED) is 0.846. The first-order valence-electron chi connectivity index (χ1n) is 4.97. The number of alkyl halides is 1. The van der Waals surface area contributed by atoms with E-state index in [1.807, 2.05) is 0 Å². The standard InChI is InChI=1S/C11H15ClO3S/c1-8(2)16(14,15)10-5-3-9(4-6-10)11(13)7-12/h3-6,8,11,13H,7H2,1-2H3. The normalized spacial score (nSPS) is 14.1. The Kier molecular flexibility index (Phi) is 4.35. The summed E-state index contributed by atoms with van der Waals surface area (Å²) in [6, 6.07) is 6.17. The number of rotatable bonds is 4. The number of benzene rings is 1. The van der Waals surface area contributed by atoms with Gasteiger partial charge < -0.3 is 5.11 Å². The minimum absolute atomic E-state index is 0.0935. The molecule has 0 aliphatic carbocycles. The van der Waals surface area contributed by atoms with Crippen molar-refractivity contribution in [3.63, 3.8) is 0 Å². The molecule has 0 amide bonds. The maximum Gasteiger partial charge on any atom is 0.180 e. The molecule has 0 spiro atoms. The summed E-state index contributed by atoms with van der Waals surface area (Å²) in [5, 5.41) is 9.00. The van der Waals surface area contributed by atoms with Gasteiger partial charge in [-0.25, -0.2) is 8.42 Å². The molecule has 1 N–H and O–H groups in total.